The summed E-state index contributed by atoms with van der Waals surface area (Å²) in [5.74, 6) is 0.180. The summed E-state index contributed by atoms with van der Waals surface area (Å²) in [6.07, 6.45) is 5.00. The molecule has 3 aromatic rings. The van der Waals surface area contributed by atoms with Crippen LogP contribution in [0.3, 0.4) is 0 Å². The Labute approximate surface area is 154 Å². The Kier molecular flexibility index (Phi) is 6.06. The number of halogens is 1. The lowest BCUT2D eigenvalue weighted by Gasteiger charge is -1.99. The zero-order chi connectivity index (χ0) is 18.4. The first kappa shape index (κ1) is 18.2. The summed E-state index contributed by atoms with van der Waals surface area (Å²) in [7, 11) is 0. The van der Waals surface area contributed by atoms with E-state index in [0.717, 1.165) is 24.3 Å². The van der Waals surface area contributed by atoms with Crippen molar-refractivity contribution < 1.29 is 13.6 Å². The SMILES string of the molecule is CCCCc1nnc(NC(=O)CCc2ncc(-c3ccccc3F)o2)s1. The molecule has 0 unspecified atom stereocenters. The lowest BCUT2D eigenvalue weighted by atomic mass is 10.2. The molecule has 1 aromatic carbocycles. The molecule has 0 atom stereocenters. The number of nitrogens with one attached hydrogen (secondary N) is 1. The maximum absolute atomic E-state index is 13.8. The lowest BCUT2D eigenvalue weighted by molar-refractivity contribution is -0.116. The standard InChI is InChI=1S/C18H19FN4O2S/c1-2-3-8-17-22-23-18(26-17)21-15(24)9-10-16-20-11-14(25-16)12-6-4-5-7-13(12)19/h4-7,11H,2-3,8-10H2,1H3,(H,21,23,24). The summed E-state index contributed by atoms with van der Waals surface area (Å²) in [6, 6.07) is 6.33. The van der Waals surface area contributed by atoms with Gasteiger partial charge in [0.1, 0.15) is 10.8 Å². The molecule has 8 heteroatoms. The number of amides is 1. The number of carbonyl (C=O) groups excluding carboxylic acids is 1. The highest BCUT2D eigenvalue weighted by Gasteiger charge is 2.13. The van der Waals surface area contributed by atoms with Gasteiger partial charge in [0.25, 0.3) is 0 Å². The molecule has 26 heavy (non-hydrogen) atoms. The second-order valence-corrected chi connectivity index (χ2v) is 6.81. The minimum absolute atomic E-state index is 0.186. The number of anilines is 1. The fourth-order valence-electron chi connectivity index (χ4n) is 2.35. The van der Waals surface area contributed by atoms with Gasteiger partial charge in [-0.15, -0.1) is 10.2 Å². The molecule has 0 radical (unpaired) electrons. The zero-order valence-electron chi connectivity index (χ0n) is 14.4. The maximum Gasteiger partial charge on any atom is 0.226 e. The molecular formula is C18H19FN4O2S. The van der Waals surface area contributed by atoms with Gasteiger partial charge in [-0.05, 0) is 18.6 Å². The zero-order valence-corrected chi connectivity index (χ0v) is 15.2. The predicted molar refractivity (Wildman–Crippen MR) is 97.4 cm³/mol. The monoisotopic (exact) mass is 374 g/mol. The molecule has 136 valence electrons. The van der Waals surface area contributed by atoms with Crippen molar-refractivity contribution in [2.24, 2.45) is 0 Å². The van der Waals surface area contributed by atoms with E-state index in [2.05, 4.69) is 27.4 Å². The number of oxazole rings is 1. The highest BCUT2D eigenvalue weighted by Crippen LogP contribution is 2.23. The van der Waals surface area contributed by atoms with Crippen molar-refractivity contribution in [1.82, 2.24) is 15.2 Å². The number of aromatic nitrogens is 3. The van der Waals surface area contributed by atoms with Crippen LogP contribution in [0.5, 0.6) is 0 Å². The van der Waals surface area contributed by atoms with E-state index in [-0.39, 0.29) is 18.1 Å². The Morgan fingerprint density at radius 1 is 1.27 bits per heavy atom. The molecule has 1 N–H and O–H groups in total. The van der Waals surface area contributed by atoms with Gasteiger partial charge in [0.2, 0.25) is 11.0 Å². The van der Waals surface area contributed by atoms with Crippen molar-refractivity contribution in [3.63, 3.8) is 0 Å². The van der Waals surface area contributed by atoms with Crippen LogP contribution in [0.2, 0.25) is 0 Å². The molecule has 0 bridgehead atoms. The highest BCUT2D eigenvalue weighted by molar-refractivity contribution is 7.15. The number of unbranched alkanes of at least 4 members (excludes halogenated alkanes) is 1. The molecule has 1 amide bonds. The van der Waals surface area contributed by atoms with Crippen molar-refractivity contribution >= 4 is 22.4 Å². The van der Waals surface area contributed by atoms with Crippen LogP contribution in [-0.4, -0.2) is 21.1 Å². The molecule has 2 heterocycles. The van der Waals surface area contributed by atoms with Gasteiger partial charge in [-0.3, -0.25) is 4.79 Å². The van der Waals surface area contributed by atoms with Crippen molar-refractivity contribution in [3.8, 4) is 11.3 Å². The average Bonchev–Trinajstić information content (AvgIpc) is 3.28. The first-order valence-electron chi connectivity index (χ1n) is 8.47. The summed E-state index contributed by atoms with van der Waals surface area (Å²) in [4.78, 5) is 16.2. The van der Waals surface area contributed by atoms with E-state index >= 15 is 0 Å². The number of rotatable bonds is 8. The molecule has 0 spiro atoms. The van der Waals surface area contributed by atoms with Crippen molar-refractivity contribution in [2.75, 3.05) is 5.32 Å². The Morgan fingerprint density at radius 2 is 2.12 bits per heavy atom. The van der Waals surface area contributed by atoms with E-state index in [0.29, 0.717) is 28.8 Å². The van der Waals surface area contributed by atoms with Gasteiger partial charge in [-0.2, -0.15) is 0 Å². The van der Waals surface area contributed by atoms with Crippen LogP contribution in [0.1, 0.15) is 37.1 Å². The van der Waals surface area contributed by atoms with Crippen LogP contribution in [0, 0.1) is 5.82 Å². The summed E-state index contributed by atoms with van der Waals surface area (Å²) < 4.78 is 19.3. The molecule has 3 rings (SSSR count). The molecular weight excluding hydrogens is 355 g/mol. The highest BCUT2D eigenvalue weighted by atomic mass is 32.1. The van der Waals surface area contributed by atoms with Crippen LogP contribution in [0.25, 0.3) is 11.3 Å². The fraction of sp³-hybridized carbons (Fsp3) is 0.333. The van der Waals surface area contributed by atoms with Crippen molar-refractivity contribution in [3.05, 3.63) is 47.2 Å². The van der Waals surface area contributed by atoms with E-state index in [1.165, 1.54) is 23.6 Å². The minimum atomic E-state index is -0.372. The van der Waals surface area contributed by atoms with Gasteiger partial charge in [0, 0.05) is 19.3 Å². The first-order valence-corrected chi connectivity index (χ1v) is 9.29. The van der Waals surface area contributed by atoms with E-state index in [1.807, 2.05) is 0 Å². The van der Waals surface area contributed by atoms with Gasteiger partial charge in [0.05, 0.1) is 11.8 Å². The molecule has 0 saturated carbocycles. The van der Waals surface area contributed by atoms with Crippen LogP contribution < -0.4 is 5.32 Å². The van der Waals surface area contributed by atoms with Crippen LogP contribution in [0.4, 0.5) is 9.52 Å². The number of hydrogen-bond acceptors (Lipinski definition) is 6. The first-order chi connectivity index (χ1) is 12.7. The minimum Gasteiger partial charge on any atom is -0.441 e. The van der Waals surface area contributed by atoms with E-state index in [1.54, 1.807) is 18.2 Å². The van der Waals surface area contributed by atoms with Gasteiger partial charge < -0.3 is 9.73 Å². The third kappa shape index (κ3) is 4.72. The summed E-state index contributed by atoms with van der Waals surface area (Å²) >= 11 is 1.39. The molecule has 6 nitrogen and oxygen atoms in total. The number of carbonyl (C=O) groups is 1. The van der Waals surface area contributed by atoms with Gasteiger partial charge in [-0.1, -0.05) is 36.8 Å². The molecule has 0 aliphatic carbocycles. The number of aryl methyl sites for hydroxylation is 2. The summed E-state index contributed by atoms with van der Waals surface area (Å²) in [5, 5.41) is 12.2. The Hall–Kier alpha value is -2.61. The molecule has 0 fully saturated rings. The van der Waals surface area contributed by atoms with Crippen LogP contribution in [0.15, 0.2) is 34.9 Å². The van der Waals surface area contributed by atoms with Crippen molar-refractivity contribution in [2.45, 2.75) is 39.0 Å². The molecule has 0 aliphatic heterocycles. The van der Waals surface area contributed by atoms with Gasteiger partial charge in [-0.25, -0.2) is 9.37 Å². The summed E-state index contributed by atoms with van der Waals surface area (Å²) in [5.41, 5.74) is 0.351. The quantitative estimate of drug-likeness (QED) is 0.638. The Morgan fingerprint density at radius 3 is 2.92 bits per heavy atom. The van der Waals surface area contributed by atoms with Crippen molar-refractivity contribution in [1.29, 1.82) is 0 Å². The third-order valence-electron chi connectivity index (χ3n) is 3.72. The molecule has 2 aromatic heterocycles. The lowest BCUT2D eigenvalue weighted by Crippen LogP contribution is -2.12. The maximum atomic E-state index is 13.8. The van der Waals surface area contributed by atoms with E-state index < -0.39 is 0 Å². The normalized spacial score (nSPS) is 10.8. The smallest absolute Gasteiger partial charge is 0.226 e. The fourth-order valence-corrected chi connectivity index (χ4v) is 3.14. The van der Waals surface area contributed by atoms with Crippen LogP contribution >= 0.6 is 11.3 Å². The molecule has 0 saturated heterocycles. The average molecular weight is 374 g/mol. The number of hydrogen-bond donors (Lipinski definition) is 1. The van der Waals surface area contributed by atoms with Gasteiger partial charge >= 0.3 is 0 Å². The Bertz CT molecular complexity index is 877. The largest absolute Gasteiger partial charge is 0.441 e. The number of benzene rings is 1. The second-order valence-electron chi connectivity index (χ2n) is 5.75. The summed E-state index contributed by atoms with van der Waals surface area (Å²) in [6.45, 7) is 2.12. The predicted octanol–water partition coefficient (Wildman–Crippen LogP) is 4.25. The van der Waals surface area contributed by atoms with E-state index in [9.17, 15) is 9.18 Å². The molecule has 0 aliphatic rings. The second kappa shape index (κ2) is 8.66. The van der Waals surface area contributed by atoms with Gasteiger partial charge in [0.15, 0.2) is 11.7 Å². The Balaban J connectivity index is 1.52. The van der Waals surface area contributed by atoms with Crippen LogP contribution in [-0.2, 0) is 17.6 Å². The topological polar surface area (TPSA) is 80.9 Å². The number of nitrogens with zero attached hydrogens (tertiary/aromatic N) is 3. The van der Waals surface area contributed by atoms with E-state index in [4.69, 9.17) is 4.42 Å². The third-order valence-corrected chi connectivity index (χ3v) is 4.61.